The third kappa shape index (κ3) is 5.49. The van der Waals surface area contributed by atoms with Crippen LogP contribution in [0.1, 0.15) is 68.0 Å². The second-order valence-corrected chi connectivity index (χ2v) is 13.8. The zero-order chi connectivity index (χ0) is 27.1. The maximum absolute atomic E-state index is 14.2. The Morgan fingerprint density at radius 3 is 2.42 bits per heavy atom. The van der Waals surface area contributed by atoms with Crippen LogP contribution in [0.15, 0.2) is 41.4 Å². The van der Waals surface area contributed by atoms with Gasteiger partial charge in [0.2, 0.25) is 0 Å². The first kappa shape index (κ1) is 27.9. The number of aromatic nitrogens is 1. The number of amides is 1. The fraction of sp³-hybridized carbons (Fsp3) is 0.500. The first-order chi connectivity index (χ1) is 16.6. The van der Waals surface area contributed by atoms with Gasteiger partial charge in [-0.05, 0) is 47.1 Å². The number of nitrogens with zero attached hydrogens (tertiary/aromatic N) is 2. The number of benzene rings is 1. The van der Waals surface area contributed by atoms with Crippen molar-refractivity contribution in [2.45, 2.75) is 58.0 Å². The molecule has 0 fully saturated rings. The monoisotopic (exact) mass is 534 g/mol. The minimum atomic E-state index is -3.52. The molecule has 1 aliphatic heterocycles. The Morgan fingerprint density at radius 1 is 1.28 bits per heavy atom. The Labute approximate surface area is 216 Å². The predicted octanol–water partition coefficient (Wildman–Crippen LogP) is 4.49. The van der Waals surface area contributed by atoms with Crippen molar-refractivity contribution in [2.24, 2.45) is 5.92 Å². The highest BCUT2D eigenvalue weighted by Crippen LogP contribution is 2.47. The first-order valence-electron chi connectivity index (χ1n) is 11.6. The summed E-state index contributed by atoms with van der Waals surface area (Å²) in [5.41, 5.74) is -0.484. The summed E-state index contributed by atoms with van der Waals surface area (Å²) in [5, 5.41) is 12.7. The lowest BCUT2D eigenvalue weighted by Gasteiger charge is -2.39. The van der Waals surface area contributed by atoms with Crippen LogP contribution in [0.4, 0.5) is 0 Å². The molecule has 2 aromatic rings. The zero-order valence-electron chi connectivity index (χ0n) is 21.7. The number of carboxylic acids is 1. The van der Waals surface area contributed by atoms with Crippen LogP contribution < -0.4 is 4.74 Å². The van der Waals surface area contributed by atoms with E-state index in [4.69, 9.17) is 4.74 Å². The maximum Gasteiger partial charge on any atom is 0.333 e. The molecule has 10 heteroatoms. The largest absolute Gasteiger partial charge is 0.496 e. The summed E-state index contributed by atoms with van der Waals surface area (Å²) in [5.74, 6) is -1.70. The predicted molar refractivity (Wildman–Crippen MR) is 140 cm³/mol. The summed E-state index contributed by atoms with van der Waals surface area (Å²) in [6, 6.07) is 4.19. The Morgan fingerprint density at radius 2 is 1.94 bits per heavy atom. The minimum Gasteiger partial charge on any atom is -0.496 e. The van der Waals surface area contributed by atoms with Crippen LogP contribution >= 0.6 is 11.3 Å². The second kappa shape index (κ2) is 9.97. The quantitative estimate of drug-likeness (QED) is 0.497. The van der Waals surface area contributed by atoms with E-state index in [-0.39, 0.29) is 29.1 Å². The Bertz CT molecular complexity index is 1280. The van der Waals surface area contributed by atoms with Crippen LogP contribution in [0.25, 0.3) is 0 Å². The molecule has 1 N–H and O–H groups in total. The van der Waals surface area contributed by atoms with Gasteiger partial charge in [-0.2, -0.15) is 0 Å². The summed E-state index contributed by atoms with van der Waals surface area (Å²) in [7, 11) is -2.00. The molecule has 0 saturated carbocycles. The average Bonchev–Trinajstić information content (AvgIpc) is 3.37. The van der Waals surface area contributed by atoms with Crippen molar-refractivity contribution in [1.82, 2.24) is 9.88 Å². The molecule has 0 saturated heterocycles. The van der Waals surface area contributed by atoms with Gasteiger partial charge in [0.1, 0.15) is 16.8 Å². The summed E-state index contributed by atoms with van der Waals surface area (Å²) in [6.07, 6.45) is 4.23. The van der Waals surface area contributed by atoms with Crippen LogP contribution in [0.3, 0.4) is 0 Å². The van der Waals surface area contributed by atoms with Crippen molar-refractivity contribution in [1.29, 1.82) is 0 Å². The molecule has 1 aliphatic rings. The van der Waals surface area contributed by atoms with E-state index in [1.165, 1.54) is 29.4 Å². The number of ether oxygens (including phenoxy) is 1. The molecule has 0 bridgehead atoms. The van der Waals surface area contributed by atoms with Gasteiger partial charge in [0, 0.05) is 23.4 Å². The Hall–Kier alpha value is -2.72. The number of carbonyl (C=O) groups is 2. The van der Waals surface area contributed by atoms with Crippen molar-refractivity contribution >= 4 is 33.1 Å². The number of rotatable bonds is 8. The number of methoxy groups -OCH3 is 1. The van der Waals surface area contributed by atoms with Crippen LogP contribution in [0.2, 0.25) is 0 Å². The normalized spacial score (nSPS) is 20.5. The fourth-order valence-corrected chi connectivity index (χ4v) is 6.44. The lowest BCUT2D eigenvalue weighted by atomic mass is 9.85. The van der Waals surface area contributed by atoms with Crippen molar-refractivity contribution in [3.63, 3.8) is 0 Å². The smallest absolute Gasteiger partial charge is 0.333 e. The van der Waals surface area contributed by atoms with Crippen LogP contribution in [-0.4, -0.2) is 59.9 Å². The standard InChI is InChI=1S/C26H34N2O6S2/c1-16(2)13-26(24(30)31)14-18(15-36(7,32)33)21(22-27-10-11-35-22)28(26)23(29)17-8-9-19(25(3,4)5)20(12-17)34-6/h8-12,14,16,21H,13,15H2,1-7H3,(H,30,31). The number of hydrogen-bond acceptors (Lipinski definition) is 7. The summed E-state index contributed by atoms with van der Waals surface area (Å²) in [6.45, 7) is 9.84. The number of hydrogen-bond donors (Lipinski definition) is 1. The summed E-state index contributed by atoms with van der Waals surface area (Å²) >= 11 is 1.25. The van der Waals surface area contributed by atoms with Crippen LogP contribution in [-0.2, 0) is 20.0 Å². The molecule has 0 aliphatic carbocycles. The fourth-order valence-electron chi connectivity index (χ4n) is 4.83. The molecule has 0 radical (unpaired) electrons. The van der Waals surface area contributed by atoms with Gasteiger partial charge in [0.15, 0.2) is 15.4 Å². The van der Waals surface area contributed by atoms with E-state index in [0.717, 1.165) is 11.8 Å². The van der Waals surface area contributed by atoms with Gasteiger partial charge in [-0.15, -0.1) is 11.3 Å². The van der Waals surface area contributed by atoms with Crippen molar-refractivity contribution in [2.75, 3.05) is 19.1 Å². The molecule has 196 valence electrons. The molecule has 8 nitrogen and oxygen atoms in total. The highest BCUT2D eigenvalue weighted by atomic mass is 32.2. The Balaban J connectivity index is 2.26. The molecule has 2 atom stereocenters. The second-order valence-electron chi connectivity index (χ2n) is 10.7. The number of carboxylic acid groups (broad SMARTS) is 1. The average molecular weight is 535 g/mol. The molecule has 0 spiro atoms. The summed E-state index contributed by atoms with van der Waals surface area (Å²) in [4.78, 5) is 32.8. The van der Waals surface area contributed by atoms with Crippen molar-refractivity contribution in [3.8, 4) is 5.75 Å². The topological polar surface area (TPSA) is 114 Å². The molecule has 3 rings (SSSR count). The summed E-state index contributed by atoms with van der Waals surface area (Å²) < 4.78 is 30.3. The van der Waals surface area contributed by atoms with Gasteiger partial charge < -0.3 is 14.7 Å². The molecule has 1 aromatic carbocycles. The van der Waals surface area contributed by atoms with E-state index in [0.29, 0.717) is 16.3 Å². The number of sulfone groups is 1. The van der Waals surface area contributed by atoms with E-state index >= 15 is 0 Å². The van der Waals surface area contributed by atoms with Gasteiger partial charge in [0.25, 0.3) is 5.91 Å². The number of thiazole rings is 1. The molecule has 1 amide bonds. The molecular weight excluding hydrogens is 500 g/mol. The number of carbonyl (C=O) groups excluding carboxylic acids is 1. The maximum atomic E-state index is 14.2. The SMILES string of the molecule is COc1cc(C(=O)N2C(c3nccs3)C(CS(C)(=O)=O)=CC2(CC(C)C)C(=O)O)ccc1C(C)(C)C. The van der Waals surface area contributed by atoms with E-state index in [2.05, 4.69) is 4.98 Å². The molecule has 2 heterocycles. The van der Waals surface area contributed by atoms with E-state index in [9.17, 15) is 23.1 Å². The van der Waals surface area contributed by atoms with Gasteiger partial charge in [-0.3, -0.25) is 4.79 Å². The molecule has 1 aromatic heterocycles. The molecule has 36 heavy (non-hydrogen) atoms. The van der Waals surface area contributed by atoms with Gasteiger partial charge >= 0.3 is 5.97 Å². The van der Waals surface area contributed by atoms with Crippen molar-refractivity contribution in [3.05, 3.63) is 57.6 Å². The highest BCUT2D eigenvalue weighted by molar-refractivity contribution is 7.90. The lowest BCUT2D eigenvalue weighted by molar-refractivity contribution is -0.147. The van der Waals surface area contributed by atoms with Crippen LogP contribution in [0.5, 0.6) is 5.75 Å². The van der Waals surface area contributed by atoms with Gasteiger partial charge in [-0.1, -0.05) is 40.7 Å². The molecular formula is C26H34N2O6S2. The van der Waals surface area contributed by atoms with E-state index in [1.807, 2.05) is 40.7 Å². The van der Waals surface area contributed by atoms with Gasteiger partial charge in [0.05, 0.1) is 12.9 Å². The van der Waals surface area contributed by atoms with E-state index in [1.54, 1.807) is 23.7 Å². The van der Waals surface area contributed by atoms with E-state index < -0.39 is 33.3 Å². The van der Waals surface area contributed by atoms with Crippen LogP contribution in [0, 0.1) is 5.92 Å². The Kier molecular flexibility index (Phi) is 7.72. The number of aliphatic carboxylic acids is 1. The third-order valence-corrected chi connectivity index (χ3v) is 7.83. The highest BCUT2D eigenvalue weighted by Gasteiger charge is 2.55. The van der Waals surface area contributed by atoms with Gasteiger partial charge in [-0.25, -0.2) is 18.2 Å². The first-order valence-corrected chi connectivity index (χ1v) is 14.6. The van der Waals surface area contributed by atoms with Crippen molar-refractivity contribution < 1.29 is 27.9 Å². The lowest BCUT2D eigenvalue weighted by Crippen LogP contribution is -2.54. The zero-order valence-corrected chi connectivity index (χ0v) is 23.4. The molecule has 2 unspecified atom stereocenters. The minimum absolute atomic E-state index is 0.0972. The third-order valence-electron chi connectivity index (χ3n) is 6.14.